The number of ether oxygens (including phenoxy) is 1. The van der Waals surface area contributed by atoms with Crippen molar-refractivity contribution in [3.05, 3.63) is 24.8 Å². The molecule has 0 unspecified atom stereocenters. The highest BCUT2D eigenvalue weighted by Gasteiger charge is 2.17. The molecule has 2 nitrogen and oxygen atoms in total. The largest absolute Gasteiger partial charge is 0.491 e. The van der Waals surface area contributed by atoms with Crippen LogP contribution in [0.1, 0.15) is 32.8 Å². The van der Waals surface area contributed by atoms with Crippen LogP contribution in [0.25, 0.3) is 0 Å². The zero-order valence-electron chi connectivity index (χ0n) is 10.4. The molecule has 96 valence electrons. The molecule has 0 atom stereocenters. The maximum Gasteiger partial charge on any atom is 0.145 e. The van der Waals surface area contributed by atoms with E-state index in [0.717, 1.165) is 12.9 Å². The molecule has 0 bridgehead atoms. The van der Waals surface area contributed by atoms with Gasteiger partial charge in [0.05, 0.1) is 13.7 Å². The second kappa shape index (κ2) is 6.56. The minimum absolute atomic E-state index is 0.156. The average Bonchev–Trinajstić information content (AvgIpc) is 2.20. The number of hydrogen-bond acceptors (Lipinski definition) is 2. The van der Waals surface area contributed by atoms with Gasteiger partial charge in [0.2, 0.25) is 0 Å². The fourth-order valence-corrected chi connectivity index (χ4v) is 3.45. The van der Waals surface area contributed by atoms with Gasteiger partial charge in [-0.3, -0.25) is 0 Å². The summed E-state index contributed by atoms with van der Waals surface area (Å²) >= 11 is 4.62. The topological polar surface area (TPSA) is 29.5 Å². The Balaban J connectivity index is 2.95. The highest BCUT2D eigenvalue weighted by atomic mass is 127. The van der Waals surface area contributed by atoms with Crippen LogP contribution in [0, 0.1) is 7.14 Å². The number of rotatable bonds is 4. The molecular formula is C13H18I2O2. The number of aliphatic hydroxyl groups is 1. The summed E-state index contributed by atoms with van der Waals surface area (Å²) in [6, 6.07) is 4.36. The first-order valence-electron chi connectivity index (χ1n) is 5.59. The Labute approximate surface area is 130 Å². The Morgan fingerprint density at radius 1 is 1.18 bits per heavy atom. The molecule has 0 heterocycles. The van der Waals surface area contributed by atoms with Gasteiger partial charge in [-0.1, -0.05) is 20.8 Å². The van der Waals surface area contributed by atoms with Crippen LogP contribution in [0.2, 0.25) is 0 Å². The molecule has 0 fully saturated rings. The van der Waals surface area contributed by atoms with Crippen molar-refractivity contribution in [2.45, 2.75) is 32.6 Å². The van der Waals surface area contributed by atoms with Crippen LogP contribution in [0.15, 0.2) is 12.1 Å². The summed E-state index contributed by atoms with van der Waals surface area (Å²) in [7, 11) is 0. The first-order valence-corrected chi connectivity index (χ1v) is 7.75. The molecule has 1 N–H and O–H groups in total. The summed E-state index contributed by atoms with van der Waals surface area (Å²) in [6.45, 7) is 7.37. The summed E-state index contributed by atoms with van der Waals surface area (Å²) < 4.78 is 7.97. The Kier molecular flexibility index (Phi) is 5.98. The second-order valence-electron chi connectivity index (χ2n) is 4.94. The van der Waals surface area contributed by atoms with Gasteiger partial charge in [0.25, 0.3) is 0 Å². The van der Waals surface area contributed by atoms with Crippen LogP contribution in [-0.2, 0) is 5.41 Å². The van der Waals surface area contributed by atoms with Gasteiger partial charge in [0.15, 0.2) is 0 Å². The van der Waals surface area contributed by atoms with Crippen molar-refractivity contribution in [2.75, 3.05) is 13.2 Å². The second-order valence-corrected chi connectivity index (χ2v) is 7.27. The quantitative estimate of drug-likeness (QED) is 0.545. The zero-order valence-corrected chi connectivity index (χ0v) is 14.7. The molecule has 0 amide bonds. The van der Waals surface area contributed by atoms with E-state index in [4.69, 9.17) is 9.84 Å². The van der Waals surface area contributed by atoms with Crippen molar-refractivity contribution < 1.29 is 9.84 Å². The van der Waals surface area contributed by atoms with E-state index in [1.807, 2.05) is 0 Å². The molecule has 17 heavy (non-hydrogen) atoms. The summed E-state index contributed by atoms with van der Waals surface area (Å²) in [5.41, 5.74) is 1.48. The standard InChI is InChI=1S/C13H18I2O2/c1-13(2,3)9-7-10(14)12(11(15)8-9)17-6-4-5-16/h7-8,16H,4-6H2,1-3H3. The minimum Gasteiger partial charge on any atom is -0.491 e. The maximum atomic E-state index is 8.75. The van der Waals surface area contributed by atoms with Gasteiger partial charge >= 0.3 is 0 Å². The molecule has 0 radical (unpaired) electrons. The fraction of sp³-hybridized carbons (Fsp3) is 0.538. The van der Waals surface area contributed by atoms with Crippen LogP contribution < -0.4 is 4.74 Å². The lowest BCUT2D eigenvalue weighted by molar-refractivity contribution is 0.232. The van der Waals surface area contributed by atoms with Crippen molar-refractivity contribution in [1.29, 1.82) is 0 Å². The molecule has 1 rings (SSSR count). The molecule has 0 aliphatic rings. The van der Waals surface area contributed by atoms with Crippen molar-refractivity contribution in [3.8, 4) is 5.75 Å². The normalized spacial score (nSPS) is 11.6. The van der Waals surface area contributed by atoms with E-state index < -0.39 is 0 Å². The molecule has 0 spiro atoms. The van der Waals surface area contributed by atoms with E-state index >= 15 is 0 Å². The van der Waals surface area contributed by atoms with E-state index in [9.17, 15) is 0 Å². The first-order chi connectivity index (χ1) is 7.86. The van der Waals surface area contributed by atoms with Crippen LogP contribution in [0.5, 0.6) is 5.75 Å². The predicted molar refractivity (Wildman–Crippen MR) is 87.8 cm³/mol. The Bertz CT molecular complexity index is 360. The van der Waals surface area contributed by atoms with Crippen LogP contribution >= 0.6 is 45.2 Å². The fourth-order valence-electron chi connectivity index (χ4n) is 1.37. The average molecular weight is 460 g/mol. The third kappa shape index (κ3) is 4.55. The molecule has 0 aromatic heterocycles. The lowest BCUT2D eigenvalue weighted by Crippen LogP contribution is -2.12. The predicted octanol–water partition coefficient (Wildman–Crippen LogP) is 3.95. The van der Waals surface area contributed by atoms with E-state index in [-0.39, 0.29) is 12.0 Å². The number of aliphatic hydroxyl groups excluding tert-OH is 1. The molecular weight excluding hydrogens is 442 g/mol. The Morgan fingerprint density at radius 2 is 1.71 bits per heavy atom. The molecule has 1 aromatic rings. The van der Waals surface area contributed by atoms with Gasteiger partial charge in [0, 0.05) is 13.0 Å². The molecule has 4 heteroatoms. The number of halogens is 2. The number of benzene rings is 1. The summed E-state index contributed by atoms with van der Waals surface area (Å²) in [5, 5.41) is 8.75. The monoisotopic (exact) mass is 460 g/mol. The Hall–Kier alpha value is 0.440. The third-order valence-corrected chi connectivity index (χ3v) is 4.02. The van der Waals surface area contributed by atoms with Crippen LogP contribution in [0.4, 0.5) is 0 Å². The van der Waals surface area contributed by atoms with E-state index in [0.29, 0.717) is 13.0 Å². The first kappa shape index (κ1) is 15.5. The lowest BCUT2D eigenvalue weighted by Gasteiger charge is -2.21. The minimum atomic E-state index is 0.156. The van der Waals surface area contributed by atoms with E-state index in [1.165, 1.54) is 5.56 Å². The highest BCUT2D eigenvalue weighted by molar-refractivity contribution is 14.1. The van der Waals surface area contributed by atoms with Gasteiger partial charge in [-0.05, 0) is 68.3 Å². The molecule has 0 aliphatic heterocycles. The van der Waals surface area contributed by atoms with Crippen molar-refractivity contribution >= 4 is 45.2 Å². The SMILES string of the molecule is CC(C)(C)c1cc(I)c(OCCCO)c(I)c1. The van der Waals surface area contributed by atoms with Crippen LogP contribution in [-0.4, -0.2) is 18.3 Å². The van der Waals surface area contributed by atoms with Crippen molar-refractivity contribution in [2.24, 2.45) is 0 Å². The third-order valence-electron chi connectivity index (χ3n) is 2.41. The highest BCUT2D eigenvalue weighted by Crippen LogP contribution is 2.33. The summed E-state index contributed by atoms with van der Waals surface area (Å²) in [6.07, 6.45) is 0.674. The summed E-state index contributed by atoms with van der Waals surface area (Å²) in [4.78, 5) is 0. The summed E-state index contributed by atoms with van der Waals surface area (Å²) in [5.74, 6) is 0.938. The Morgan fingerprint density at radius 3 is 2.12 bits per heavy atom. The molecule has 1 aromatic carbocycles. The van der Waals surface area contributed by atoms with Gasteiger partial charge < -0.3 is 9.84 Å². The van der Waals surface area contributed by atoms with Gasteiger partial charge in [-0.15, -0.1) is 0 Å². The van der Waals surface area contributed by atoms with Crippen LogP contribution in [0.3, 0.4) is 0 Å². The van der Waals surface area contributed by atoms with E-state index in [1.54, 1.807) is 0 Å². The van der Waals surface area contributed by atoms with Crippen molar-refractivity contribution in [1.82, 2.24) is 0 Å². The smallest absolute Gasteiger partial charge is 0.145 e. The maximum absolute atomic E-state index is 8.75. The number of hydrogen-bond donors (Lipinski definition) is 1. The van der Waals surface area contributed by atoms with E-state index in [2.05, 4.69) is 78.1 Å². The van der Waals surface area contributed by atoms with Gasteiger partial charge in [-0.25, -0.2) is 0 Å². The van der Waals surface area contributed by atoms with Gasteiger partial charge in [0.1, 0.15) is 5.75 Å². The van der Waals surface area contributed by atoms with Gasteiger partial charge in [-0.2, -0.15) is 0 Å². The molecule has 0 saturated carbocycles. The molecule has 0 saturated heterocycles. The zero-order chi connectivity index (χ0) is 13.1. The lowest BCUT2D eigenvalue weighted by atomic mass is 9.87. The van der Waals surface area contributed by atoms with Crippen molar-refractivity contribution in [3.63, 3.8) is 0 Å². The molecule has 0 aliphatic carbocycles.